The highest BCUT2D eigenvalue weighted by Crippen LogP contribution is 2.43. The van der Waals surface area contributed by atoms with Crippen LogP contribution in [-0.2, 0) is 5.41 Å². The van der Waals surface area contributed by atoms with Gasteiger partial charge >= 0.3 is 0 Å². The summed E-state index contributed by atoms with van der Waals surface area (Å²) in [6, 6.07) is 47.5. The maximum Gasteiger partial charge on any atom is 0.139 e. The third-order valence-electron chi connectivity index (χ3n) is 7.71. The molecule has 0 bridgehead atoms. The van der Waals surface area contributed by atoms with Crippen molar-refractivity contribution in [3.05, 3.63) is 139 Å². The van der Waals surface area contributed by atoms with Gasteiger partial charge in [0.2, 0.25) is 0 Å². The second-order valence-electron chi connectivity index (χ2n) is 11.5. The topological polar surface area (TPSA) is 16.4 Å². The van der Waals surface area contributed by atoms with Crippen LogP contribution in [0.5, 0.6) is 0 Å². The van der Waals surface area contributed by atoms with Gasteiger partial charge in [-0.25, -0.2) is 0 Å². The highest BCUT2D eigenvalue weighted by atomic mass is 16.3. The van der Waals surface area contributed by atoms with Crippen LogP contribution < -0.4 is 4.90 Å². The predicted molar refractivity (Wildman–Crippen MR) is 170 cm³/mol. The molecule has 40 heavy (non-hydrogen) atoms. The van der Waals surface area contributed by atoms with Gasteiger partial charge in [0.1, 0.15) is 11.3 Å². The molecule has 0 saturated carbocycles. The average Bonchev–Trinajstić information content (AvgIpc) is 3.39. The molecule has 0 N–H and O–H groups in total. The third-order valence-corrected chi connectivity index (χ3v) is 7.71. The van der Waals surface area contributed by atoms with Gasteiger partial charge in [0, 0.05) is 33.6 Å². The monoisotopic (exact) mass is 517 g/mol. The minimum absolute atomic E-state index is 0.0713. The first-order chi connectivity index (χ1) is 19.5. The molecule has 1 heterocycles. The fraction of sp³-hybridized carbons (Fsp3) is 0.105. The molecule has 0 spiro atoms. The third kappa shape index (κ3) is 4.13. The van der Waals surface area contributed by atoms with E-state index >= 15 is 0 Å². The van der Waals surface area contributed by atoms with Crippen molar-refractivity contribution in [2.75, 3.05) is 4.90 Å². The number of anilines is 3. The van der Waals surface area contributed by atoms with Crippen LogP contribution in [-0.4, -0.2) is 0 Å². The Morgan fingerprint density at radius 3 is 1.98 bits per heavy atom. The molecular weight excluding hydrogens is 486 g/mol. The molecule has 7 rings (SSSR count). The van der Waals surface area contributed by atoms with Crippen LogP contribution >= 0.6 is 0 Å². The smallest absolute Gasteiger partial charge is 0.139 e. The molecule has 0 amide bonds. The maximum atomic E-state index is 6.54. The Morgan fingerprint density at radius 1 is 0.500 bits per heavy atom. The van der Waals surface area contributed by atoms with Crippen LogP contribution in [0, 0.1) is 0 Å². The number of fused-ring (bicyclic) bond motifs is 4. The number of benzene rings is 6. The SMILES string of the molecule is CC(C)(C)c1c(-c2cccc(N(c3ccccc3)c3ccc4c(ccc5ccccc54)c3)c2)oc2ccccc12. The lowest BCUT2D eigenvalue weighted by molar-refractivity contribution is 0.568. The Labute approximate surface area is 235 Å². The molecule has 0 saturated heterocycles. The molecule has 0 unspecified atom stereocenters. The summed E-state index contributed by atoms with van der Waals surface area (Å²) < 4.78 is 6.54. The van der Waals surface area contributed by atoms with E-state index in [0.29, 0.717) is 0 Å². The molecule has 0 aliphatic heterocycles. The van der Waals surface area contributed by atoms with E-state index in [9.17, 15) is 0 Å². The van der Waals surface area contributed by atoms with E-state index < -0.39 is 0 Å². The van der Waals surface area contributed by atoms with E-state index in [2.05, 4.69) is 153 Å². The van der Waals surface area contributed by atoms with Crippen LogP contribution in [0.2, 0.25) is 0 Å². The number of furan rings is 1. The molecule has 194 valence electrons. The van der Waals surface area contributed by atoms with E-state index in [-0.39, 0.29) is 5.41 Å². The van der Waals surface area contributed by atoms with Crippen molar-refractivity contribution < 1.29 is 4.42 Å². The molecule has 0 fully saturated rings. The van der Waals surface area contributed by atoms with Gasteiger partial charge < -0.3 is 9.32 Å². The predicted octanol–water partition coefficient (Wildman–Crippen LogP) is 11.2. The van der Waals surface area contributed by atoms with Gasteiger partial charge in [-0.15, -0.1) is 0 Å². The zero-order chi connectivity index (χ0) is 27.3. The van der Waals surface area contributed by atoms with Crippen LogP contribution in [0.25, 0.3) is 43.8 Å². The van der Waals surface area contributed by atoms with E-state index in [0.717, 1.165) is 34.0 Å². The molecule has 2 nitrogen and oxygen atoms in total. The summed E-state index contributed by atoms with van der Waals surface area (Å²) in [5.74, 6) is 0.938. The van der Waals surface area contributed by atoms with Crippen molar-refractivity contribution in [3.63, 3.8) is 0 Å². The Bertz CT molecular complexity index is 1990. The average molecular weight is 518 g/mol. The van der Waals surface area contributed by atoms with E-state index in [1.807, 2.05) is 6.07 Å². The molecular formula is C38H31NO. The Kier molecular flexibility index (Phi) is 5.71. The lowest BCUT2D eigenvalue weighted by Gasteiger charge is -2.26. The van der Waals surface area contributed by atoms with Gasteiger partial charge in [-0.2, -0.15) is 0 Å². The lowest BCUT2D eigenvalue weighted by atomic mass is 9.83. The maximum absolute atomic E-state index is 6.54. The fourth-order valence-electron chi connectivity index (χ4n) is 5.94. The van der Waals surface area contributed by atoms with Gasteiger partial charge in [-0.05, 0) is 69.4 Å². The molecule has 6 aromatic carbocycles. The number of hydrogen-bond acceptors (Lipinski definition) is 2. The number of hydrogen-bond donors (Lipinski definition) is 0. The van der Waals surface area contributed by atoms with Crippen molar-refractivity contribution in [2.24, 2.45) is 0 Å². The standard InChI is InChI=1S/C38H31NO/c1-38(2,3)36-34-18-9-10-19-35(34)40-37(36)28-13-11-16-30(25-28)39(29-14-5-4-6-15-29)31-22-23-33-27(24-31)21-20-26-12-7-8-17-32(26)33/h4-25H,1-3H3. The van der Waals surface area contributed by atoms with Crippen LogP contribution in [0.15, 0.2) is 138 Å². The highest BCUT2D eigenvalue weighted by Gasteiger charge is 2.26. The second kappa shape index (κ2) is 9.43. The van der Waals surface area contributed by atoms with Gasteiger partial charge in [-0.1, -0.05) is 112 Å². The molecule has 7 aromatic rings. The van der Waals surface area contributed by atoms with Crippen molar-refractivity contribution in [3.8, 4) is 11.3 Å². The van der Waals surface area contributed by atoms with Gasteiger partial charge in [0.05, 0.1) is 0 Å². The minimum atomic E-state index is -0.0713. The summed E-state index contributed by atoms with van der Waals surface area (Å²) in [4.78, 5) is 2.33. The molecule has 0 aliphatic carbocycles. The number of para-hydroxylation sites is 2. The highest BCUT2D eigenvalue weighted by molar-refractivity contribution is 6.08. The van der Waals surface area contributed by atoms with Crippen molar-refractivity contribution in [1.29, 1.82) is 0 Å². The quantitative estimate of drug-likeness (QED) is 0.216. The molecule has 1 aromatic heterocycles. The summed E-state index contributed by atoms with van der Waals surface area (Å²) in [6.07, 6.45) is 0. The normalized spacial score (nSPS) is 11.9. The molecule has 0 aliphatic rings. The Balaban J connectivity index is 1.41. The van der Waals surface area contributed by atoms with Crippen LogP contribution in [0.1, 0.15) is 26.3 Å². The molecule has 2 heteroatoms. The van der Waals surface area contributed by atoms with Crippen LogP contribution in [0.3, 0.4) is 0 Å². The van der Waals surface area contributed by atoms with Crippen LogP contribution in [0.4, 0.5) is 17.1 Å². The first-order valence-corrected chi connectivity index (χ1v) is 13.9. The van der Waals surface area contributed by atoms with Crippen molar-refractivity contribution >= 4 is 49.6 Å². The summed E-state index contributed by atoms with van der Waals surface area (Å²) in [5, 5.41) is 6.20. The zero-order valence-electron chi connectivity index (χ0n) is 23.1. The second-order valence-corrected chi connectivity index (χ2v) is 11.5. The van der Waals surface area contributed by atoms with Gasteiger partial charge in [-0.3, -0.25) is 0 Å². The van der Waals surface area contributed by atoms with E-state index in [1.54, 1.807) is 0 Å². The van der Waals surface area contributed by atoms with E-state index in [1.165, 1.54) is 32.5 Å². The van der Waals surface area contributed by atoms with Gasteiger partial charge in [0.15, 0.2) is 0 Å². The Hall–Kier alpha value is -4.82. The summed E-state index contributed by atoms with van der Waals surface area (Å²) in [7, 11) is 0. The minimum Gasteiger partial charge on any atom is -0.456 e. The van der Waals surface area contributed by atoms with Crippen molar-refractivity contribution in [1.82, 2.24) is 0 Å². The summed E-state index contributed by atoms with van der Waals surface area (Å²) in [5.41, 5.74) is 6.49. The van der Waals surface area contributed by atoms with Crippen molar-refractivity contribution in [2.45, 2.75) is 26.2 Å². The molecule has 0 radical (unpaired) electrons. The Morgan fingerprint density at radius 2 is 1.15 bits per heavy atom. The zero-order valence-corrected chi connectivity index (χ0v) is 23.1. The lowest BCUT2D eigenvalue weighted by Crippen LogP contribution is -2.12. The largest absolute Gasteiger partial charge is 0.456 e. The fourth-order valence-corrected chi connectivity index (χ4v) is 5.94. The van der Waals surface area contributed by atoms with Gasteiger partial charge in [0.25, 0.3) is 0 Å². The number of nitrogens with zero attached hydrogens (tertiary/aromatic N) is 1. The first-order valence-electron chi connectivity index (χ1n) is 13.9. The van der Waals surface area contributed by atoms with E-state index in [4.69, 9.17) is 4.42 Å². The first kappa shape index (κ1) is 24.2. The number of rotatable bonds is 4. The molecule has 0 atom stereocenters. The summed E-state index contributed by atoms with van der Waals surface area (Å²) >= 11 is 0. The summed E-state index contributed by atoms with van der Waals surface area (Å²) in [6.45, 7) is 6.77.